The molecule has 0 aliphatic carbocycles. The molecule has 0 unspecified atom stereocenters. The highest BCUT2D eigenvalue weighted by Crippen LogP contribution is 2.42. The van der Waals surface area contributed by atoms with Gasteiger partial charge in [-0.05, 0) is 77.9 Å². The molecule has 115 heavy (non-hydrogen) atoms. The highest BCUT2D eigenvalue weighted by atomic mass is 79.9. The smallest absolute Gasteiger partial charge is 0.408 e. The van der Waals surface area contributed by atoms with Gasteiger partial charge in [-0.2, -0.15) is 54.8 Å². The van der Waals surface area contributed by atoms with Crippen molar-refractivity contribution >= 4 is 103 Å². The molecule has 0 saturated heterocycles. The summed E-state index contributed by atoms with van der Waals surface area (Å²) in [5, 5.41) is 40.2. The average molecular weight is 1660 g/mol. The van der Waals surface area contributed by atoms with Crippen LogP contribution >= 0.6 is 15.9 Å². The van der Waals surface area contributed by atoms with Crippen molar-refractivity contribution in [3.8, 4) is 51.4 Å². The number of alkyl halides is 10. The van der Waals surface area contributed by atoms with E-state index in [0.717, 1.165) is 40.0 Å². The fraction of sp³-hybridized carbons (Fsp3) is 0.250. The molecule has 0 aliphatic heterocycles. The third kappa shape index (κ3) is 23.6. The Morgan fingerprint density at radius 1 is 0.443 bits per heavy atom. The number of ether oxygens (including phenoxy) is 3. The highest BCUT2D eigenvalue weighted by Gasteiger charge is 2.32. The first kappa shape index (κ1) is 85.2. The van der Waals surface area contributed by atoms with Crippen LogP contribution in [0.5, 0.6) is 17.2 Å². The van der Waals surface area contributed by atoms with Crippen LogP contribution in [0.3, 0.4) is 0 Å². The van der Waals surface area contributed by atoms with E-state index in [1.807, 2.05) is 52.0 Å². The van der Waals surface area contributed by atoms with Gasteiger partial charge >= 0.3 is 18.5 Å². The van der Waals surface area contributed by atoms with Gasteiger partial charge in [-0.3, -0.25) is 19.5 Å². The number of hydrogen-bond donors (Lipinski definition) is 10. The van der Waals surface area contributed by atoms with E-state index in [0.29, 0.717) is 114 Å². The lowest BCUT2D eigenvalue weighted by atomic mass is 10.1. The lowest BCUT2D eigenvalue weighted by molar-refractivity contribution is -0.143. The zero-order chi connectivity index (χ0) is 83.5. The Balaban J connectivity index is 0.000000191. The van der Waals surface area contributed by atoms with Gasteiger partial charge in [0.2, 0.25) is 0 Å². The molecule has 10 N–H and O–H groups in total. The van der Waals surface area contributed by atoms with E-state index in [4.69, 9.17) is 14.2 Å². The fourth-order valence-corrected chi connectivity index (χ4v) is 10.9. The molecular weight excluding hydrogens is 1590 g/mol. The van der Waals surface area contributed by atoms with E-state index >= 15 is 0 Å². The topological polar surface area (TPSA) is 406 Å². The second-order valence-corrected chi connectivity index (χ2v) is 24.7. The molecule has 0 aliphatic rings. The van der Waals surface area contributed by atoms with Crippen LogP contribution in [-0.4, -0.2) is 174 Å². The van der Waals surface area contributed by atoms with Crippen molar-refractivity contribution in [2.45, 2.75) is 73.2 Å². The monoisotopic (exact) mass is 1660 g/mol. The maximum absolute atomic E-state index is 13.1. The number of aromatic amines is 1. The molecule has 33 nitrogen and oxygen atoms in total. The van der Waals surface area contributed by atoms with Gasteiger partial charge in [-0.25, -0.2) is 69.2 Å². The number of H-pyrrole nitrogens is 1. The minimum atomic E-state index is -4.49. The number of pyridine rings is 3. The molecule has 0 bridgehead atoms. The Morgan fingerprint density at radius 2 is 0.826 bits per heavy atom. The molecular formula is C72H73BrF9N27O6. The summed E-state index contributed by atoms with van der Waals surface area (Å²) >= 11 is 2.24. The first-order chi connectivity index (χ1) is 54.7. The minimum Gasteiger partial charge on any atom is -0.494 e. The predicted molar refractivity (Wildman–Crippen MR) is 411 cm³/mol. The Bertz CT molecular complexity index is 5340. The van der Waals surface area contributed by atoms with Crippen molar-refractivity contribution in [1.82, 2.24) is 106 Å². The number of para-hydroxylation sites is 3. The van der Waals surface area contributed by atoms with E-state index in [9.17, 15) is 53.9 Å². The van der Waals surface area contributed by atoms with Crippen molar-refractivity contribution in [3.05, 3.63) is 180 Å². The summed E-state index contributed by atoms with van der Waals surface area (Å²) in [7, 11) is 8.91. The summed E-state index contributed by atoms with van der Waals surface area (Å²) in [6.45, 7) is 8.34. The maximum Gasteiger partial charge on any atom is 0.408 e. The number of methoxy groups -OCH3 is 3. The number of rotatable bonds is 23. The van der Waals surface area contributed by atoms with Crippen molar-refractivity contribution in [2.24, 2.45) is 0 Å². The van der Waals surface area contributed by atoms with Crippen LogP contribution in [-0.2, 0) is 13.1 Å². The summed E-state index contributed by atoms with van der Waals surface area (Å²) in [5.41, 5.74) is 7.28. The molecule has 0 saturated carbocycles. The fourth-order valence-electron chi connectivity index (χ4n) is 10.9. The molecule has 602 valence electrons. The number of halogens is 10. The van der Waals surface area contributed by atoms with Crippen molar-refractivity contribution in [2.75, 3.05) is 79.7 Å². The number of aromatic nitrogens is 18. The zero-order valence-corrected chi connectivity index (χ0v) is 64.7. The molecule has 3 aromatic carbocycles. The molecule has 43 heteroatoms. The maximum atomic E-state index is 13.1. The van der Waals surface area contributed by atoms with Gasteiger partial charge in [0.05, 0.1) is 94.2 Å². The number of carbonyl (C=O) groups is 3. The van der Waals surface area contributed by atoms with Crippen LogP contribution in [0.15, 0.2) is 129 Å². The van der Waals surface area contributed by atoms with Crippen LogP contribution in [0.1, 0.15) is 65.6 Å². The predicted octanol–water partition coefficient (Wildman–Crippen LogP) is 13.4. The average Bonchev–Trinajstić information content (AvgIpc) is 1.78. The number of aryl methyl sites for hydroxylation is 6. The number of benzene rings is 3. The van der Waals surface area contributed by atoms with Crippen LogP contribution in [0.4, 0.5) is 109 Å². The Labute approximate surface area is 657 Å². The van der Waals surface area contributed by atoms with Crippen LogP contribution in [0.2, 0.25) is 0 Å². The molecule has 12 rings (SSSR count). The second-order valence-electron chi connectivity index (χ2n) is 24.1. The molecule has 0 atom stereocenters. The van der Waals surface area contributed by atoms with Gasteiger partial charge in [0.1, 0.15) is 84.5 Å². The third-order valence-corrected chi connectivity index (χ3v) is 16.0. The SMILES string of the molecule is CNC(=O)c1cnc(Nc2cc(C)nc(C)n2)cc1Nc1cccc(-c2ncn(CC(F)(F)F)n2)c1OC.CNC(=O)c1cnc(Nc2cc(C)nc(C)n2)cc1Nc1cccc(-c2ncn[nH]2)c1OC.CNC(=O)c1cnc(Nc2cc(C)nc(C)n2)cc1Nc1cccc(-c2ncnn2CC(F)(F)F)c1OC.FC(F)(F)CBr. The van der Waals surface area contributed by atoms with Gasteiger partial charge in [0, 0.05) is 93.2 Å². The molecule has 0 radical (unpaired) electrons. The van der Waals surface area contributed by atoms with E-state index in [1.165, 1.54) is 53.2 Å². The minimum absolute atomic E-state index is 0.0269. The molecule has 9 heterocycles. The number of carbonyl (C=O) groups excluding carboxylic acids is 3. The van der Waals surface area contributed by atoms with E-state index in [2.05, 4.69) is 144 Å². The number of hydrogen-bond acceptors (Lipinski definition) is 27. The summed E-state index contributed by atoms with van der Waals surface area (Å²) in [6, 6.07) is 25.7. The Morgan fingerprint density at radius 3 is 1.18 bits per heavy atom. The van der Waals surface area contributed by atoms with Crippen molar-refractivity contribution < 1.29 is 68.1 Å². The van der Waals surface area contributed by atoms with E-state index < -0.39 is 42.9 Å². The van der Waals surface area contributed by atoms with Crippen LogP contribution in [0, 0.1) is 41.5 Å². The number of nitrogens with one attached hydrogen (secondary N) is 10. The molecule has 3 amide bonds. The first-order valence-electron chi connectivity index (χ1n) is 33.8. The Kier molecular flexibility index (Phi) is 28.1. The highest BCUT2D eigenvalue weighted by molar-refractivity contribution is 9.09. The lowest BCUT2D eigenvalue weighted by Crippen LogP contribution is -2.20. The van der Waals surface area contributed by atoms with Gasteiger partial charge in [-0.15, -0.1) is 0 Å². The number of anilines is 12. The van der Waals surface area contributed by atoms with Crippen molar-refractivity contribution in [1.29, 1.82) is 0 Å². The first-order valence-corrected chi connectivity index (χ1v) is 35.0. The van der Waals surface area contributed by atoms with Gasteiger partial charge in [0.25, 0.3) is 17.7 Å². The molecule has 0 fully saturated rings. The van der Waals surface area contributed by atoms with Gasteiger partial charge in [-0.1, -0.05) is 34.1 Å². The van der Waals surface area contributed by atoms with E-state index in [1.54, 1.807) is 94.7 Å². The summed E-state index contributed by atoms with van der Waals surface area (Å²) in [5.74, 6) is 5.30. The third-order valence-electron chi connectivity index (χ3n) is 15.4. The molecule has 0 spiro atoms. The molecule has 12 aromatic rings. The summed E-state index contributed by atoms with van der Waals surface area (Å²) < 4.78 is 128. The largest absolute Gasteiger partial charge is 0.494 e. The molecule has 9 aromatic heterocycles. The zero-order valence-electron chi connectivity index (χ0n) is 63.1. The van der Waals surface area contributed by atoms with Gasteiger partial charge in [0.15, 0.2) is 34.7 Å². The standard InChI is InChI=1S/2C24H24F3N9O2.C22H23N9O2.C2H2BrF3/c1-13-8-20(32-14(2)31-13)34-19-9-18(16(10-29-19)23(37)28-3)33-17-7-5-6-15(21(17)38-4)22-30-12-36(35-22)11-24(25,26)27;1-13-8-20(33-14(2)32-13)35-19-9-18(16(10-29-19)23(37)28-3)34-17-7-5-6-15(21(17)38-4)22-30-12-31-36(22)11-24(25,26)27;1-12-8-19(28-13(2)27-12)30-18-9-17(15(10-24-18)22(32)23-3)29-16-7-5-6-14(20(16)33-4)21-25-11-26-31-21;3-1-2(4,5)6/h5-10,12H,11H2,1-4H3,(H,28,37)(H2,29,31,32,33,34);5-10,12H,11H2,1-4H3,(H,28,37)(H2,29,32,33,34,35);5-11H,1-4H3,(H,23,32)(H,25,26,31)(H2,24,27,28,29,30);1H2. The summed E-state index contributed by atoms with van der Waals surface area (Å²) in [4.78, 5) is 88.8. The normalized spacial score (nSPS) is 11.1. The van der Waals surface area contributed by atoms with Crippen LogP contribution in [0.25, 0.3) is 34.2 Å². The second kappa shape index (κ2) is 38.0. The quantitative estimate of drug-likeness (QED) is 0.0210. The summed E-state index contributed by atoms with van der Waals surface area (Å²) in [6.07, 6.45) is -5.21. The number of nitrogens with zero attached hydrogens (tertiary/aromatic N) is 17. The van der Waals surface area contributed by atoms with Gasteiger partial charge < -0.3 is 62.1 Å². The van der Waals surface area contributed by atoms with Crippen molar-refractivity contribution in [3.63, 3.8) is 0 Å². The lowest BCUT2D eigenvalue weighted by Gasteiger charge is -2.18. The Hall–Kier alpha value is -13.8. The van der Waals surface area contributed by atoms with Crippen LogP contribution < -0.4 is 62.1 Å². The number of amides is 3. The van der Waals surface area contributed by atoms with E-state index in [-0.39, 0.29) is 51.7 Å².